The van der Waals surface area contributed by atoms with Gasteiger partial charge in [0.25, 0.3) is 0 Å². The van der Waals surface area contributed by atoms with Gasteiger partial charge < -0.3 is 0 Å². The van der Waals surface area contributed by atoms with Crippen LogP contribution in [0.1, 0.15) is 0 Å². The van der Waals surface area contributed by atoms with Crippen molar-refractivity contribution in [1.29, 1.82) is 0 Å². The van der Waals surface area contributed by atoms with Crippen LogP contribution in [0.3, 0.4) is 0 Å². The molecule has 0 atom stereocenters. The molecule has 9 heavy (non-hydrogen) atoms. The Labute approximate surface area is 53.2 Å². The van der Waals surface area contributed by atoms with E-state index in [2.05, 4.69) is 16.4 Å². The Morgan fingerprint density at radius 3 is 2.56 bits per heavy atom. The fraction of sp³-hybridized carbons (Fsp3) is 0.500. The molecule has 0 aliphatic carbocycles. The minimum Gasteiger partial charge on any atom is -0.294 e. The molecule has 1 aliphatic heterocycles. The Morgan fingerprint density at radius 2 is 2.11 bits per heavy atom. The fourth-order valence-electron chi connectivity index (χ4n) is 0.640. The lowest BCUT2D eigenvalue weighted by atomic mass is 10.1. The molecule has 1 saturated heterocycles. The lowest BCUT2D eigenvalue weighted by Gasteiger charge is -1.95. The van der Waals surface area contributed by atoms with E-state index < -0.39 is 0 Å². The van der Waals surface area contributed by atoms with Gasteiger partial charge in [-0.15, -0.1) is 0 Å². The number of hydrogen-bond acceptors (Lipinski definition) is 3. The number of carbonyl (C=O) groups is 1. The van der Waals surface area contributed by atoms with Gasteiger partial charge in [0.2, 0.25) is 0 Å². The topological polar surface area (TPSA) is 35.5 Å². The molecule has 1 aliphatic rings. The third-order valence-corrected chi connectivity index (χ3v) is 1.23. The lowest BCUT2D eigenvalue weighted by molar-refractivity contribution is -0.248. The molecular weight excluding hydrogens is 120 g/mol. The molecule has 0 radical (unpaired) electrons. The van der Waals surface area contributed by atoms with Gasteiger partial charge >= 0.3 is 0 Å². The van der Waals surface area contributed by atoms with Crippen molar-refractivity contribution in [2.24, 2.45) is 5.92 Å². The van der Waals surface area contributed by atoms with Crippen LogP contribution in [-0.2, 0) is 14.6 Å². The lowest BCUT2D eigenvalue weighted by Crippen LogP contribution is -2.13. The number of rotatable bonds is 2. The summed E-state index contributed by atoms with van der Waals surface area (Å²) >= 11 is 0. The van der Waals surface area contributed by atoms with Crippen LogP contribution in [0.15, 0.2) is 12.7 Å². The fourth-order valence-corrected chi connectivity index (χ4v) is 0.640. The van der Waals surface area contributed by atoms with Crippen molar-refractivity contribution in [1.82, 2.24) is 0 Å². The number of hydrogen-bond donors (Lipinski definition) is 0. The average molecular weight is 128 g/mol. The van der Waals surface area contributed by atoms with Crippen molar-refractivity contribution in [3.05, 3.63) is 12.7 Å². The summed E-state index contributed by atoms with van der Waals surface area (Å²) in [5, 5.41) is 0. The van der Waals surface area contributed by atoms with E-state index in [0.29, 0.717) is 13.2 Å². The predicted molar refractivity (Wildman–Crippen MR) is 30.6 cm³/mol. The van der Waals surface area contributed by atoms with Gasteiger partial charge in [-0.05, 0) is 6.08 Å². The Morgan fingerprint density at radius 1 is 1.56 bits per heavy atom. The predicted octanol–water partition coefficient (Wildman–Crippen LogP) is 0.319. The molecule has 0 aromatic carbocycles. The highest BCUT2D eigenvalue weighted by Gasteiger charge is 2.22. The van der Waals surface area contributed by atoms with Crippen molar-refractivity contribution >= 4 is 5.78 Å². The van der Waals surface area contributed by atoms with E-state index in [1.54, 1.807) is 0 Å². The van der Waals surface area contributed by atoms with E-state index in [0.717, 1.165) is 0 Å². The standard InChI is InChI=1S/C6H8O3/c1-2-6(7)5-3-8-9-4-5/h2,5H,1,3-4H2. The molecule has 1 fully saturated rings. The highest BCUT2D eigenvalue weighted by molar-refractivity contribution is 5.91. The first-order chi connectivity index (χ1) is 4.34. The first kappa shape index (κ1) is 6.45. The van der Waals surface area contributed by atoms with Crippen molar-refractivity contribution in [3.8, 4) is 0 Å². The van der Waals surface area contributed by atoms with Crippen LogP contribution in [0, 0.1) is 5.92 Å². The SMILES string of the molecule is C=CC(=O)C1COOC1. The smallest absolute Gasteiger partial charge is 0.163 e. The van der Waals surface area contributed by atoms with E-state index in [1.165, 1.54) is 6.08 Å². The minimum atomic E-state index is -0.123. The highest BCUT2D eigenvalue weighted by atomic mass is 17.2. The maximum absolute atomic E-state index is 10.7. The Hall–Kier alpha value is -0.670. The van der Waals surface area contributed by atoms with E-state index in [9.17, 15) is 4.79 Å². The van der Waals surface area contributed by atoms with Crippen LogP contribution >= 0.6 is 0 Å². The van der Waals surface area contributed by atoms with Crippen LogP contribution in [0.25, 0.3) is 0 Å². The van der Waals surface area contributed by atoms with E-state index >= 15 is 0 Å². The van der Waals surface area contributed by atoms with Crippen LogP contribution < -0.4 is 0 Å². The van der Waals surface area contributed by atoms with Gasteiger partial charge in [0.15, 0.2) is 5.78 Å². The van der Waals surface area contributed by atoms with Crippen LogP contribution in [0.5, 0.6) is 0 Å². The maximum atomic E-state index is 10.7. The van der Waals surface area contributed by atoms with E-state index in [1.807, 2.05) is 0 Å². The second kappa shape index (κ2) is 2.75. The Kier molecular flexibility index (Phi) is 1.97. The van der Waals surface area contributed by atoms with Crippen molar-refractivity contribution < 1.29 is 14.6 Å². The molecule has 0 aromatic heterocycles. The molecular formula is C6H8O3. The molecule has 0 N–H and O–H groups in total. The van der Waals surface area contributed by atoms with Crippen LogP contribution in [0.4, 0.5) is 0 Å². The van der Waals surface area contributed by atoms with E-state index in [4.69, 9.17) is 0 Å². The van der Waals surface area contributed by atoms with Crippen molar-refractivity contribution in [2.75, 3.05) is 13.2 Å². The van der Waals surface area contributed by atoms with Crippen LogP contribution in [0.2, 0.25) is 0 Å². The second-order valence-corrected chi connectivity index (χ2v) is 1.87. The molecule has 50 valence electrons. The van der Waals surface area contributed by atoms with Gasteiger partial charge in [-0.25, -0.2) is 9.78 Å². The Balaban J connectivity index is 2.41. The van der Waals surface area contributed by atoms with Crippen molar-refractivity contribution in [2.45, 2.75) is 0 Å². The van der Waals surface area contributed by atoms with Gasteiger partial charge in [-0.2, -0.15) is 0 Å². The number of carbonyl (C=O) groups excluding carboxylic acids is 1. The van der Waals surface area contributed by atoms with E-state index in [-0.39, 0.29) is 11.7 Å². The largest absolute Gasteiger partial charge is 0.294 e. The van der Waals surface area contributed by atoms with Gasteiger partial charge in [0, 0.05) is 0 Å². The second-order valence-electron chi connectivity index (χ2n) is 1.87. The van der Waals surface area contributed by atoms with Crippen LogP contribution in [-0.4, -0.2) is 19.0 Å². The highest BCUT2D eigenvalue weighted by Crippen LogP contribution is 2.08. The third kappa shape index (κ3) is 1.37. The zero-order valence-corrected chi connectivity index (χ0v) is 5.00. The molecule has 1 heterocycles. The summed E-state index contributed by atoms with van der Waals surface area (Å²) in [5.41, 5.74) is 0. The summed E-state index contributed by atoms with van der Waals surface area (Å²) in [5.74, 6) is -0.130. The zero-order chi connectivity index (χ0) is 6.69. The molecule has 0 amide bonds. The van der Waals surface area contributed by atoms with Gasteiger partial charge in [0.05, 0.1) is 19.1 Å². The minimum absolute atomic E-state index is 0.00694. The first-order valence-electron chi connectivity index (χ1n) is 2.75. The first-order valence-corrected chi connectivity index (χ1v) is 2.75. The zero-order valence-electron chi connectivity index (χ0n) is 5.00. The molecule has 1 rings (SSSR count). The van der Waals surface area contributed by atoms with Gasteiger partial charge in [0.1, 0.15) is 0 Å². The maximum Gasteiger partial charge on any atom is 0.163 e. The molecule has 0 spiro atoms. The Bertz CT molecular complexity index is 124. The molecule has 3 heteroatoms. The van der Waals surface area contributed by atoms with Gasteiger partial charge in [-0.1, -0.05) is 6.58 Å². The summed E-state index contributed by atoms with van der Waals surface area (Å²) in [6.07, 6.45) is 1.29. The summed E-state index contributed by atoms with van der Waals surface area (Å²) in [4.78, 5) is 19.8. The molecule has 0 unspecified atom stereocenters. The monoisotopic (exact) mass is 128 g/mol. The normalized spacial score (nSPS) is 20.0. The molecule has 0 bridgehead atoms. The summed E-state index contributed by atoms with van der Waals surface area (Å²) in [6.45, 7) is 4.08. The number of ketones is 1. The summed E-state index contributed by atoms with van der Waals surface area (Å²) in [6, 6.07) is 0. The summed E-state index contributed by atoms with van der Waals surface area (Å²) in [7, 11) is 0. The molecule has 3 nitrogen and oxygen atoms in total. The number of allylic oxidation sites excluding steroid dienone is 1. The average Bonchev–Trinajstić information content (AvgIpc) is 2.37. The third-order valence-electron chi connectivity index (χ3n) is 1.23. The molecule has 0 saturated carbocycles. The van der Waals surface area contributed by atoms with Gasteiger partial charge in [-0.3, -0.25) is 4.79 Å². The molecule has 0 aromatic rings. The quantitative estimate of drug-likeness (QED) is 0.397. The summed E-state index contributed by atoms with van der Waals surface area (Å²) < 4.78 is 0. The van der Waals surface area contributed by atoms with Crippen molar-refractivity contribution in [3.63, 3.8) is 0 Å².